The number of nitrogens with zero attached hydrogens (tertiary/aromatic N) is 1. The molecule has 6 heteroatoms. The third-order valence-electron chi connectivity index (χ3n) is 3.66. The van der Waals surface area contributed by atoms with Gasteiger partial charge >= 0.3 is 11.9 Å². The summed E-state index contributed by atoms with van der Waals surface area (Å²) in [6.45, 7) is 7.37. The van der Waals surface area contributed by atoms with Crippen LogP contribution in [0.2, 0.25) is 0 Å². The van der Waals surface area contributed by atoms with Crippen molar-refractivity contribution in [1.82, 2.24) is 4.90 Å². The number of rotatable bonds is 8. The molecule has 0 aliphatic carbocycles. The minimum absolute atomic E-state index is 0.0840. The smallest absolute Gasteiger partial charge is 0.310 e. The van der Waals surface area contributed by atoms with Gasteiger partial charge in [0.05, 0.1) is 18.4 Å². The molecule has 1 N–H and O–H groups in total. The molecule has 0 aromatic carbocycles. The summed E-state index contributed by atoms with van der Waals surface area (Å²) >= 11 is 0. The van der Waals surface area contributed by atoms with Gasteiger partial charge in [0.15, 0.2) is 0 Å². The second kappa shape index (κ2) is 7.87. The highest BCUT2D eigenvalue weighted by Gasteiger charge is 2.39. The SMILES string of the molecule is CCOC(=O)CCN(C)C(=O)CC(C)(C(=O)O)C(C)C. The van der Waals surface area contributed by atoms with Crippen LogP contribution in [0.15, 0.2) is 0 Å². The Labute approximate surface area is 120 Å². The van der Waals surface area contributed by atoms with Crippen LogP contribution in [0.25, 0.3) is 0 Å². The van der Waals surface area contributed by atoms with Gasteiger partial charge in [0.2, 0.25) is 5.91 Å². The maximum Gasteiger partial charge on any atom is 0.310 e. The van der Waals surface area contributed by atoms with Gasteiger partial charge in [-0.15, -0.1) is 0 Å². The topological polar surface area (TPSA) is 83.9 Å². The quantitative estimate of drug-likeness (QED) is 0.684. The van der Waals surface area contributed by atoms with Crippen molar-refractivity contribution in [3.8, 4) is 0 Å². The number of esters is 1. The van der Waals surface area contributed by atoms with Gasteiger partial charge in [-0.2, -0.15) is 0 Å². The number of aliphatic carboxylic acids is 1. The van der Waals surface area contributed by atoms with E-state index in [-0.39, 0.29) is 37.2 Å². The number of hydrogen-bond acceptors (Lipinski definition) is 4. The number of amides is 1. The Morgan fingerprint density at radius 2 is 1.85 bits per heavy atom. The molecule has 0 aliphatic rings. The van der Waals surface area contributed by atoms with Crippen molar-refractivity contribution in [1.29, 1.82) is 0 Å². The molecule has 20 heavy (non-hydrogen) atoms. The molecule has 0 spiro atoms. The molecule has 6 nitrogen and oxygen atoms in total. The van der Waals surface area contributed by atoms with E-state index < -0.39 is 11.4 Å². The average molecular weight is 287 g/mol. The van der Waals surface area contributed by atoms with Crippen molar-refractivity contribution in [3.63, 3.8) is 0 Å². The zero-order chi connectivity index (χ0) is 15.9. The molecule has 0 fully saturated rings. The van der Waals surface area contributed by atoms with E-state index >= 15 is 0 Å². The van der Waals surface area contributed by atoms with Crippen LogP contribution in [0.3, 0.4) is 0 Å². The Morgan fingerprint density at radius 3 is 2.25 bits per heavy atom. The van der Waals surface area contributed by atoms with Gasteiger partial charge in [-0.25, -0.2) is 0 Å². The van der Waals surface area contributed by atoms with Gasteiger partial charge in [0, 0.05) is 20.0 Å². The van der Waals surface area contributed by atoms with Crippen molar-refractivity contribution >= 4 is 17.8 Å². The highest BCUT2D eigenvalue weighted by molar-refractivity contribution is 5.85. The number of carboxylic acid groups (broad SMARTS) is 1. The summed E-state index contributed by atoms with van der Waals surface area (Å²) in [4.78, 5) is 36.0. The lowest BCUT2D eigenvalue weighted by atomic mass is 9.76. The molecule has 0 bridgehead atoms. The molecule has 116 valence electrons. The Balaban J connectivity index is 4.52. The molecule has 1 amide bonds. The van der Waals surface area contributed by atoms with Crippen LogP contribution in [0.4, 0.5) is 0 Å². The third-order valence-corrected chi connectivity index (χ3v) is 3.66. The number of carbonyl (C=O) groups is 3. The molecule has 0 aliphatic heterocycles. The summed E-state index contributed by atoms with van der Waals surface area (Å²) in [6.07, 6.45) is 0.0286. The van der Waals surface area contributed by atoms with Crippen LogP contribution < -0.4 is 0 Å². The van der Waals surface area contributed by atoms with Gasteiger partial charge in [-0.05, 0) is 19.8 Å². The summed E-state index contributed by atoms with van der Waals surface area (Å²) in [7, 11) is 1.56. The molecule has 0 radical (unpaired) electrons. The normalized spacial score (nSPS) is 13.7. The first-order valence-corrected chi connectivity index (χ1v) is 6.78. The van der Waals surface area contributed by atoms with E-state index in [2.05, 4.69) is 0 Å². The summed E-state index contributed by atoms with van der Waals surface area (Å²) in [6, 6.07) is 0. The lowest BCUT2D eigenvalue weighted by molar-refractivity contribution is -0.155. The van der Waals surface area contributed by atoms with Crippen LogP contribution in [-0.2, 0) is 19.1 Å². The van der Waals surface area contributed by atoms with Gasteiger partial charge in [-0.1, -0.05) is 13.8 Å². The standard InChI is InChI=1S/C14H25NO5/c1-6-20-12(17)7-8-15(5)11(16)9-14(4,10(2)3)13(18)19/h10H,6-9H2,1-5H3,(H,18,19). The van der Waals surface area contributed by atoms with E-state index in [0.717, 1.165) is 0 Å². The van der Waals surface area contributed by atoms with Crippen LogP contribution in [0.1, 0.15) is 40.5 Å². The van der Waals surface area contributed by atoms with E-state index in [1.807, 2.05) is 0 Å². The first kappa shape index (κ1) is 18.4. The van der Waals surface area contributed by atoms with E-state index in [9.17, 15) is 19.5 Å². The molecule has 0 heterocycles. The van der Waals surface area contributed by atoms with E-state index in [1.54, 1.807) is 34.7 Å². The summed E-state index contributed by atoms with van der Waals surface area (Å²) in [5.74, 6) is -1.80. The number of ether oxygens (including phenoxy) is 1. The molecular weight excluding hydrogens is 262 g/mol. The van der Waals surface area contributed by atoms with Crippen LogP contribution in [0, 0.1) is 11.3 Å². The Morgan fingerprint density at radius 1 is 1.30 bits per heavy atom. The summed E-state index contributed by atoms with van der Waals surface area (Å²) in [5.41, 5.74) is -1.10. The van der Waals surface area contributed by atoms with Crippen LogP contribution in [-0.4, -0.2) is 48.1 Å². The highest BCUT2D eigenvalue weighted by Crippen LogP contribution is 2.31. The Kier molecular flexibility index (Phi) is 7.24. The number of carbonyl (C=O) groups excluding carboxylic acids is 2. The van der Waals surface area contributed by atoms with Crippen molar-refractivity contribution in [2.24, 2.45) is 11.3 Å². The zero-order valence-corrected chi connectivity index (χ0v) is 12.9. The van der Waals surface area contributed by atoms with Crippen molar-refractivity contribution in [2.45, 2.75) is 40.5 Å². The molecule has 0 aromatic rings. The van der Waals surface area contributed by atoms with Crippen LogP contribution >= 0.6 is 0 Å². The highest BCUT2D eigenvalue weighted by atomic mass is 16.5. The second-order valence-electron chi connectivity index (χ2n) is 5.42. The molecule has 1 unspecified atom stereocenters. The molecule has 0 saturated carbocycles. The Hall–Kier alpha value is -1.59. The first-order chi connectivity index (χ1) is 9.15. The first-order valence-electron chi connectivity index (χ1n) is 6.78. The molecular formula is C14H25NO5. The predicted octanol–water partition coefficient (Wildman–Crippen LogP) is 1.53. The van der Waals surface area contributed by atoms with Gasteiger partial charge in [0.25, 0.3) is 0 Å². The van der Waals surface area contributed by atoms with Crippen molar-refractivity contribution in [2.75, 3.05) is 20.2 Å². The molecule has 0 rings (SSSR count). The lowest BCUT2D eigenvalue weighted by Crippen LogP contribution is -2.40. The van der Waals surface area contributed by atoms with E-state index in [4.69, 9.17) is 4.74 Å². The minimum atomic E-state index is -1.10. The summed E-state index contributed by atoms with van der Waals surface area (Å²) in [5, 5.41) is 9.28. The fourth-order valence-electron chi connectivity index (χ4n) is 1.59. The van der Waals surface area contributed by atoms with Crippen LogP contribution in [0.5, 0.6) is 0 Å². The molecule has 1 atom stereocenters. The zero-order valence-electron chi connectivity index (χ0n) is 12.9. The van der Waals surface area contributed by atoms with E-state index in [1.165, 1.54) is 4.90 Å². The lowest BCUT2D eigenvalue weighted by Gasteiger charge is -2.30. The largest absolute Gasteiger partial charge is 0.481 e. The third kappa shape index (κ3) is 5.19. The number of hydrogen-bond donors (Lipinski definition) is 1. The average Bonchev–Trinajstić information content (AvgIpc) is 2.35. The predicted molar refractivity (Wildman–Crippen MR) is 74.1 cm³/mol. The van der Waals surface area contributed by atoms with Gasteiger partial charge in [-0.3, -0.25) is 14.4 Å². The second-order valence-corrected chi connectivity index (χ2v) is 5.42. The fraction of sp³-hybridized carbons (Fsp3) is 0.786. The van der Waals surface area contributed by atoms with E-state index in [0.29, 0.717) is 6.61 Å². The maximum atomic E-state index is 12.0. The fourth-order valence-corrected chi connectivity index (χ4v) is 1.59. The van der Waals surface area contributed by atoms with Gasteiger partial charge < -0.3 is 14.7 Å². The number of carboxylic acids is 1. The monoisotopic (exact) mass is 287 g/mol. The minimum Gasteiger partial charge on any atom is -0.481 e. The van der Waals surface area contributed by atoms with Crippen molar-refractivity contribution in [3.05, 3.63) is 0 Å². The maximum absolute atomic E-state index is 12.0. The van der Waals surface area contributed by atoms with Crippen molar-refractivity contribution < 1.29 is 24.2 Å². The summed E-state index contributed by atoms with van der Waals surface area (Å²) < 4.78 is 4.78. The molecule has 0 saturated heterocycles. The Bertz CT molecular complexity index is 367. The molecule has 0 aromatic heterocycles. The van der Waals surface area contributed by atoms with Gasteiger partial charge in [0.1, 0.15) is 0 Å².